The number of nitrogens with two attached hydrogens (primary N) is 2. The number of para-hydroxylation sites is 1. The summed E-state index contributed by atoms with van der Waals surface area (Å²) in [5.74, 6) is 0. The van der Waals surface area contributed by atoms with Gasteiger partial charge in [0.2, 0.25) is 0 Å². The minimum absolute atomic E-state index is 0.439. The summed E-state index contributed by atoms with van der Waals surface area (Å²) in [5, 5.41) is 3.39. The van der Waals surface area contributed by atoms with E-state index in [2.05, 4.69) is 17.4 Å². The summed E-state index contributed by atoms with van der Waals surface area (Å²) in [5.41, 5.74) is 14.0. The second kappa shape index (κ2) is 6.36. The number of hydrogen-bond donors (Lipinski definition) is 3. The van der Waals surface area contributed by atoms with Gasteiger partial charge in [0.15, 0.2) is 0 Å². The van der Waals surface area contributed by atoms with Crippen LogP contribution >= 0.6 is 0 Å². The Balaban J connectivity index is 2.12. The van der Waals surface area contributed by atoms with Gasteiger partial charge in [-0.15, -0.1) is 0 Å². The first kappa shape index (κ1) is 13.6. The molecule has 0 fully saturated rings. The van der Waals surface area contributed by atoms with Crippen LogP contribution < -0.4 is 16.8 Å². The van der Waals surface area contributed by atoms with Crippen molar-refractivity contribution in [1.29, 1.82) is 0 Å². The highest BCUT2D eigenvalue weighted by atomic mass is 14.9. The van der Waals surface area contributed by atoms with Gasteiger partial charge in [-0.05, 0) is 30.7 Å². The predicted octanol–water partition coefficient (Wildman–Crippen LogP) is 2.30. The first-order valence-corrected chi connectivity index (χ1v) is 6.58. The molecule has 0 aliphatic rings. The van der Waals surface area contributed by atoms with Crippen LogP contribution in [0.5, 0.6) is 0 Å². The van der Waals surface area contributed by atoms with Gasteiger partial charge in [0.25, 0.3) is 0 Å². The molecule has 2 rings (SSSR count). The molecule has 2 aromatic rings. The highest BCUT2D eigenvalue weighted by molar-refractivity contribution is 5.43. The van der Waals surface area contributed by atoms with Gasteiger partial charge in [-0.1, -0.05) is 48.5 Å². The summed E-state index contributed by atoms with van der Waals surface area (Å²) in [6.45, 7) is 1.24. The fourth-order valence-corrected chi connectivity index (χ4v) is 2.18. The van der Waals surface area contributed by atoms with Crippen LogP contribution in [0.3, 0.4) is 0 Å². The molecule has 100 valence electrons. The van der Waals surface area contributed by atoms with Crippen LogP contribution in [0.2, 0.25) is 0 Å². The van der Waals surface area contributed by atoms with Crippen molar-refractivity contribution in [2.45, 2.75) is 12.0 Å². The number of rotatable bonds is 6. The molecule has 0 radical (unpaired) electrons. The topological polar surface area (TPSA) is 64.1 Å². The summed E-state index contributed by atoms with van der Waals surface area (Å²) in [6, 6.07) is 20.2. The lowest BCUT2D eigenvalue weighted by Gasteiger charge is -2.30. The van der Waals surface area contributed by atoms with E-state index in [1.54, 1.807) is 0 Å². The van der Waals surface area contributed by atoms with Crippen LogP contribution in [0, 0.1) is 0 Å². The number of hydrogen-bond acceptors (Lipinski definition) is 3. The van der Waals surface area contributed by atoms with Gasteiger partial charge in [0, 0.05) is 12.2 Å². The van der Waals surface area contributed by atoms with Gasteiger partial charge in [0.1, 0.15) is 0 Å². The van der Waals surface area contributed by atoms with Crippen molar-refractivity contribution in [2.24, 2.45) is 11.5 Å². The van der Waals surface area contributed by atoms with E-state index in [0.717, 1.165) is 17.7 Å². The lowest BCUT2D eigenvalue weighted by atomic mass is 9.87. The Bertz CT molecular complexity index is 484. The molecule has 0 aliphatic heterocycles. The molecular weight excluding hydrogens is 234 g/mol. The van der Waals surface area contributed by atoms with Crippen LogP contribution in [-0.4, -0.2) is 13.1 Å². The van der Waals surface area contributed by atoms with E-state index < -0.39 is 5.54 Å². The molecule has 5 N–H and O–H groups in total. The molecule has 0 heterocycles. The SMILES string of the molecule is NCCC(N)(CNc1ccccc1)c1ccccc1. The molecule has 0 aliphatic carbocycles. The van der Waals surface area contributed by atoms with Crippen molar-refractivity contribution in [1.82, 2.24) is 0 Å². The Kier molecular flexibility index (Phi) is 4.55. The zero-order valence-electron chi connectivity index (χ0n) is 11.0. The highest BCUT2D eigenvalue weighted by Gasteiger charge is 2.25. The molecule has 0 spiro atoms. The molecule has 3 nitrogen and oxygen atoms in total. The van der Waals surface area contributed by atoms with E-state index in [1.807, 2.05) is 48.5 Å². The summed E-state index contributed by atoms with van der Waals surface area (Å²) < 4.78 is 0. The van der Waals surface area contributed by atoms with E-state index >= 15 is 0 Å². The minimum atomic E-state index is -0.439. The Morgan fingerprint density at radius 1 is 0.895 bits per heavy atom. The zero-order valence-corrected chi connectivity index (χ0v) is 11.0. The normalized spacial score (nSPS) is 13.8. The van der Waals surface area contributed by atoms with Gasteiger partial charge in [-0.2, -0.15) is 0 Å². The highest BCUT2D eigenvalue weighted by Crippen LogP contribution is 2.22. The molecule has 0 saturated carbocycles. The van der Waals surface area contributed by atoms with E-state index in [9.17, 15) is 0 Å². The first-order valence-electron chi connectivity index (χ1n) is 6.58. The third-order valence-corrected chi connectivity index (χ3v) is 3.32. The largest absolute Gasteiger partial charge is 0.383 e. The maximum absolute atomic E-state index is 6.54. The maximum atomic E-state index is 6.54. The number of nitrogens with one attached hydrogen (secondary N) is 1. The molecule has 0 amide bonds. The standard InChI is InChI=1S/C16H21N3/c17-12-11-16(18,14-7-3-1-4-8-14)13-19-15-9-5-2-6-10-15/h1-10,19H,11-13,17-18H2. The fourth-order valence-electron chi connectivity index (χ4n) is 2.18. The van der Waals surface area contributed by atoms with Crippen molar-refractivity contribution in [3.63, 3.8) is 0 Å². The maximum Gasteiger partial charge on any atom is 0.0596 e. The second-order valence-corrected chi connectivity index (χ2v) is 4.78. The molecule has 1 atom stereocenters. The molecule has 1 unspecified atom stereocenters. The van der Waals surface area contributed by atoms with Gasteiger partial charge in [0.05, 0.1) is 5.54 Å². The summed E-state index contributed by atoms with van der Waals surface area (Å²) >= 11 is 0. The Morgan fingerprint density at radius 3 is 2.05 bits per heavy atom. The lowest BCUT2D eigenvalue weighted by molar-refractivity contribution is 0.438. The summed E-state index contributed by atoms with van der Waals surface area (Å²) in [7, 11) is 0. The van der Waals surface area contributed by atoms with E-state index in [-0.39, 0.29) is 0 Å². The Hall–Kier alpha value is -1.84. The zero-order chi connectivity index (χ0) is 13.6. The average Bonchev–Trinajstić information content (AvgIpc) is 2.48. The third-order valence-electron chi connectivity index (χ3n) is 3.32. The minimum Gasteiger partial charge on any atom is -0.383 e. The van der Waals surface area contributed by atoms with Gasteiger partial charge < -0.3 is 16.8 Å². The first-order chi connectivity index (χ1) is 9.24. The number of benzene rings is 2. The Morgan fingerprint density at radius 2 is 1.47 bits per heavy atom. The van der Waals surface area contributed by atoms with Crippen LogP contribution in [0.15, 0.2) is 60.7 Å². The van der Waals surface area contributed by atoms with Crippen molar-refractivity contribution < 1.29 is 0 Å². The predicted molar refractivity (Wildman–Crippen MR) is 80.9 cm³/mol. The smallest absolute Gasteiger partial charge is 0.0596 e. The summed E-state index contributed by atoms with van der Waals surface area (Å²) in [6.07, 6.45) is 0.747. The van der Waals surface area contributed by atoms with Gasteiger partial charge >= 0.3 is 0 Å². The molecule has 2 aromatic carbocycles. The summed E-state index contributed by atoms with van der Waals surface area (Å²) in [4.78, 5) is 0. The van der Waals surface area contributed by atoms with Crippen molar-refractivity contribution >= 4 is 5.69 Å². The molecular formula is C16H21N3. The van der Waals surface area contributed by atoms with Crippen molar-refractivity contribution in [3.8, 4) is 0 Å². The monoisotopic (exact) mass is 255 g/mol. The van der Waals surface area contributed by atoms with E-state index in [4.69, 9.17) is 11.5 Å². The number of anilines is 1. The molecule has 3 heteroatoms. The molecule has 0 aromatic heterocycles. The third kappa shape index (κ3) is 3.56. The van der Waals surface area contributed by atoms with E-state index in [1.165, 1.54) is 0 Å². The average molecular weight is 255 g/mol. The van der Waals surface area contributed by atoms with E-state index in [0.29, 0.717) is 13.1 Å². The van der Waals surface area contributed by atoms with Crippen LogP contribution in [0.25, 0.3) is 0 Å². The Labute approximate surface area is 114 Å². The van der Waals surface area contributed by atoms with Crippen molar-refractivity contribution in [3.05, 3.63) is 66.2 Å². The van der Waals surface area contributed by atoms with Gasteiger partial charge in [-0.25, -0.2) is 0 Å². The van der Waals surface area contributed by atoms with Crippen LogP contribution in [0.4, 0.5) is 5.69 Å². The molecule has 19 heavy (non-hydrogen) atoms. The van der Waals surface area contributed by atoms with Crippen LogP contribution in [-0.2, 0) is 5.54 Å². The molecule has 0 bridgehead atoms. The quantitative estimate of drug-likeness (QED) is 0.742. The van der Waals surface area contributed by atoms with Crippen molar-refractivity contribution in [2.75, 3.05) is 18.4 Å². The van der Waals surface area contributed by atoms with Crippen LogP contribution in [0.1, 0.15) is 12.0 Å². The molecule has 0 saturated heterocycles. The lowest BCUT2D eigenvalue weighted by Crippen LogP contribution is -2.45. The second-order valence-electron chi connectivity index (χ2n) is 4.78. The fraction of sp³-hybridized carbons (Fsp3) is 0.250. The van der Waals surface area contributed by atoms with Gasteiger partial charge in [-0.3, -0.25) is 0 Å².